The highest BCUT2D eigenvalue weighted by Crippen LogP contribution is 2.25. The van der Waals surface area contributed by atoms with Crippen molar-refractivity contribution in [2.45, 2.75) is 64.3 Å². The number of hydrogen-bond acceptors (Lipinski definition) is 6. The van der Waals surface area contributed by atoms with Crippen molar-refractivity contribution in [1.82, 2.24) is 5.32 Å². The summed E-state index contributed by atoms with van der Waals surface area (Å²) in [5.41, 5.74) is 8.24. The van der Waals surface area contributed by atoms with Crippen molar-refractivity contribution in [3.8, 4) is 0 Å². The Morgan fingerprint density at radius 3 is 2.55 bits per heavy atom. The molecule has 9 nitrogen and oxygen atoms in total. The van der Waals surface area contributed by atoms with Crippen molar-refractivity contribution in [3.05, 3.63) is 35.9 Å². The fraction of sp³-hybridized carbons (Fsp3) is 0.542. The highest BCUT2D eigenvalue weighted by Gasteiger charge is 2.35. The standard InChI is InChI=1S/C24H34N4O5/c1-4-19(5-2)33-21-13-16(12-20(25)23(21)26-15(3)29)24(31)27-17-6-8-18(9-7-17)28-10-11-32-14-22(28)30/h6-9,13,19-21,23H,4-5,10-12,14,25H2,1-3H3,(H,26,29)(H,27,31)/t20-,21+,23+/m0/s1. The molecule has 180 valence electrons. The highest BCUT2D eigenvalue weighted by atomic mass is 16.5. The molecule has 0 aromatic heterocycles. The topological polar surface area (TPSA) is 123 Å². The van der Waals surface area contributed by atoms with Crippen LogP contribution in [0.1, 0.15) is 40.0 Å². The lowest BCUT2D eigenvalue weighted by molar-refractivity contribution is -0.125. The molecule has 1 fully saturated rings. The summed E-state index contributed by atoms with van der Waals surface area (Å²) in [4.78, 5) is 38.4. The van der Waals surface area contributed by atoms with Gasteiger partial charge in [0.05, 0.1) is 24.9 Å². The molecule has 1 aromatic carbocycles. The van der Waals surface area contributed by atoms with Gasteiger partial charge in [-0.05, 0) is 49.6 Å². The van der Waals surface area contributed by atoms with Gasteiger partial charge in [0, 0.05) is 36.5 Å². The summed E-state index contributed by atoms with van der Waals surface area (Å²) >= 11 is 0. The third kappa shape index (κ3) is 6.40. The number of carbonyl (C=O) groups is 3. The minimum Gasteiger partial charge on any atom is -0.370 e. The second-order valence-electron chi connectivity index (χ2n) is 8.42. The van der Waals surface area contributed by atoms with E-state index in [1.165, 1.54) is 6.92 Å². The minimum absolute atomic E-state index is 0.00700. The Morgan fingerprint density at radius 2 is 1.94 bits per heavy atom. The van der Waals surface area contributed by atoms with Gasteiger partial charge < -0.3 is 30.7 Å². The van der Waals surface area contributed by atoms with E-state index < -0.39 is 18.2 Å². The zero-order valence-corrected chi connectivity index (χ0v) is 19.5. The highest BCUT2D eigenvalue weighted by molar-refractivity contribution is 6.04. The summed E-state index contributed by atoms with van der Waals surface area (Å²) in [5, 5.41) is 5.78. The van der Waals surface area contributed by atoms with Crippen molar-refractivity contribution in [2.24, 2.45) is 5.73 Å². The molecule has 0 saturated carbocycles. The van der Waals surface area contributed by atoms with Crippen LogP contribution in [0.2, 0.25) is 0 Å². The first-order valence-corrected chi connectivity index (χ1v) is 11.5. The molecule has 0 spiro atoms. The number of hydrogen-bond donors (Lipinski definition) is 3. The number of nitrogens with one attached hydrogen (secondary N) is 2. The van der Waals surface area contributed by atoms with E-state index in [4.69, 9.17) is 15.2 Å². The molecule has 1 heterocycles. The number of amides is 3. The molecule has 4 N–H and O–H groups in total. The van der Waals surface area contributed by atoms with Gasteiger partial charge in [-0.3, -0.25) is 14.4 Å². The predicted molar refractivity (Wildman–Crippen MR) is 126 cm³/mol. The van der Waals surface area contributed by atoms with Crippen LogP contribution in [0.15, 0.2) is 35.9 Å². The third-order valence-corrected chi connectivity index (χ3v) is 5.98. The largest absolute Gasteiger partial charge is 0.370 e. The summed E-state index contributed by atoms with van der Waals surface area (Å²) in [7, 11) is 0. The monoisotopic (exact) mass is 458 g/mol. The summed E-state index contributed by atoms with van der Waals surface area (Å²) in [6, 6.07) is 6.27. The first kappa shape index (κ1) is 24.9. The van der Waals surface area contributed by atoms with E-state index in [1.807, 2.05) is 13.8 Å². The summed E-state index contributed by atoms with van der Waals surface area (Å²) < 4.78 is 11.4. The lowest BCUT2D eigenvalue weighted by Crippen LogP contribution is -2.57. The van der Waals surface area contributed by atoms with Crippen molar-refractivity contribution in [1.29, 1.82) is 0 Å². The van der Waals surface area contributed by atoms with E-state index in [9.17, 15) is 14.4 Å². The SMILES string of the molecule is CCC(CC)O[C@@H]1C=C(C(=O)Nc2ccc(N3CCOCC3=O)cc2)C[C@H](N)[C@H]1NC(C)=O. The maximum absolute atomic E-state index is 13.0. The van der Waals surface area contributed by atoms with Gasteiger partial charge in [-0.25, -0.2) is 0 Å². The number of ether oxygens (including phenoxy) is 2. The van der Waals surface area contributed by atoms with Crippen LogP contribution in [-0.2, 0) is 23.9 Å². The molecule has 1 aliphatic carbocycles. The molecule has 3 amide bonds. The van der Waals surface area contributed by atoms with Gasteiger partial charge in [0.1, 0.15) is 6.61 Å². The second kappa shape index (κ2) is 11.4. The van der Waals surface area contributed by atoms with Gasteiger partial charge in [-0.15, -0.1) is 0 Å². The number of benzene rings is 1. The Hall–Kier alpha value is -2.75. The van der Waals surface area contributed by atoms with E-state index in [0.29, 0.717) is 30.8 Å². The number of carbonyl (C=O) groups excluding carboxylic acids is 3. The van der Waals surface area contributed by atoms with Crippen molar-refractivity contribution in [3.63, 3.8) is 0 Å². The van der Waals surface area contributed by atoms with Crippen LogP contribution in [0.5, 0.6) is 0 Å². The van der Waals surface area contributed by atoms with E-state index in [2.05, 4.69) is 10.6 Å². The van der Waals surface area contributed by atoms with Crippen LogP contribution in [0, 0.1) is 0 Å². The average Bonchev–Trinajstić information content (AvgIpc) is 2.80. The van der Waals surface area contributed by atoms with Crippen LogP contribution in [0.3, 0.4) is 0 Å². The fourth-order valence-corrected chi connectivity index (χ4v) is 4.14. The Kier molecular flexibility index (Phi) is 8.60. The molecule has 0 bridgehead atoms. The maximum atomic E-state index is 13.0. The molecule has 1 aromatic rings. The number of anilines is 2. The van der Waals surface area contributed by atoms with Crippen LogP contribution < -0.4 is 21.3 Å². The van der Waals surface area contributed by atoms with E-state index in [-0.39, 0.29) is 30.4 Å². The predicted octanol–water partition coefficient (Wildman–Crippen LogP) is 1.72. The van der Waals surface area contributed by atoms with E-state index >= 15 is 0 Å². The molecule has 0 unspecified atom stereocenters. The summed E-state index contributed by atoms with van der Waals surface area (Å²) in [6.07, 6.45) is 3.26. The third-order valence-electron chi connectivity index (χ3n) is 5.98. The molecule has 3 atom stereocenters. The average molecular weight is 459 g/mol. The first-order valence-electron chi connectivity index (χ1n) is 11.5. The zero-order valence-electron chi connectivity index (χ0n) is 19.5. The smallest absolute Gasteiger partial charge is 0.253 e. The Bertz CT molecular complexity index is 881. The Balaban J connectivity index is 1.72. The molecule has 1 aliphatic heterocycles. The molecule has 0 radical (unpaired) electrons. The Morgan fingerprint density at radius 1 is 1.24 bits per heavy atom. The van der Waals surface area contributed by atoms with Gasteiger partial charge in [0.15, 0.2) is 0 Å². The Labute approximate surface area is 194 Å². The molecule has 2 aliphatic rings. The number of morpholine rings is 1. The van der Waals surface area contributed by atoms with Crippen molar-refractivity contribution in [2.75, 3.05) is 30.0 Å². The van der Waals surface area contributed by atoms with Crippen LogP contribution in [-0.4, -0.2) is 61.8 Å². The van der Waals surface area contributed by atoms with Gasteiger partial charge in [0.2, 0.25) is 5.91 Å². The minimum atomic E-state index is -0.488. The molecule has 1 saturated heterocycles. The van der Waals surface area contributed by atoms with E-state index in [0.717, 1.165) is 18.5 Å². The molecular formula is C24H34N4O5. The zero-order chi connectivity index (χ0) is 24.0. The lowest BCUT2D eigenvalue weighted by Gasteiger charge is -2.36. The van der Waals surface area contributed by atoms with Gasteiger partial charge in [-0.2, -0.15) is 0 Å². The summed E-state index contributed by atoms with van der Waals surface area (Å²) in [6.45, 7) is 6.60. The quantitative estimate of drug-likeness (QED) is 0.545. The van der Waals surface area contributed by atoms with Crippen molar-refractivity contribution >= 4 is 29.1 Å². The van der Waals surface area contributed by atoms with Crippen molar-refractivity contribution < 1.29 is 23.9 Å². The number of rotatable bonds is 8. The van der Waals surface area contributed by atoms with Crippen LogP contribution >= 0.6 is 0 Å². The van der Waals surface area contributed by atoms with Gasteiger partial charge in [0.25, 0.3) is 11.8 Å². The molecule has 33 heavy (non-hydrogen) atoms. The second-order valence-corrected chi connectivity index (χ2v) is 8.42. The molecule has 3 rings (SSSR count). The normalized spacial score (nSPS) is 23.3. The summed E-state index contributed by atoms with van der Waals surface area (Å²) in [5.74, 6) is -0.537. The molecule has 9 heteroatoms. The first-order chi connectivity index (χ1) is 15.8. The molecular weight excluding hydrogens is 424 g/mol. The maximum Gasteiger partial charge on any atom is 0.253 e. The number of nitrogens with two attached hydrogens (primary N) is 1. The number of nitrogens with zero attached hydrogens (tertiary/aromatic N) is 1. The van der Waals surface area contributed by atoms with Gasteiger partial charge >= 0.3 is 0 Å². The van der Waals surface area contributed by atoms with Crippen LogP contribution in [0.25, 0.3) is 0 Å². The lowest BCUT2D eigenvalue weighted by atomic mass is 9.87. The van der Waals surface area contributed by atoms with E-state index in [1.54, 1.807) is 35.2 Å². The van der Waals surface area contributed by atoms with Gasteiger partial charge in [-0.1, -0.05) is 13.8 Å². The van der Waals surface area contributed by atoms with Crippen LogP contribution in [0.4, 0.5) is 11.4 Å². The fourth-order valence-electron chi connectivity index (χ4n) is 4.14.